The van der Waals surface area contributed by atoms with Crippen molar-refractivity contribution in [1.82, 2.24) is 9.97 Å². The number of aromatic nitrogens is 2. The van der Waals surface area contributed by atoms with E-state index < -0.39 is 0 Å². The molecule has 1 rings (SSSR count). The number of nitrogens with zero attached hydrogens (tertiary/aromatic N) is 3. The predicted molar refractivity (Wildman–Crippen MR) is 72.5 cm³/mol. The fourth-order valence-electron chi connectivity index (χ4n) is 1.94. The van der Waals surface area contributed by atoms with Crippen LogP contribution >= 0.6 is 0 Å². The van der Waals surface area contributed by atoms with Crippen LogP contribution in [-0.2, 0) is 4.74 Å². The van der Waals surface area contributed by atoms with Crippen molar-refractivity contribution < 1.29 is 9.47 Å². The van der Waals surface area contributed by atoms with Crippen LogP contribution in [0.3, 0.4) is 0 Å². The number of methoxy groups -OCH3 is 2. The van der Waals surface area contributed by atoms with Crippen molar-refractivity contribution in [3.05, 3.63) is 6.33 Å². The van der Waals surface area contributed by atoms with Gasteiger partial charge < -0.3 is 19.7 Å². The van der Waals surface area contributed by atoms with E-state index in [1.54, 1.807) is 14.2 Å². The maximum absolute atomic E-state index is 5.41. The van der Waals surface area contributed by atoms with Crippen LogP contribution in [0, 0.1) is 0 Å². The summed E-state index contributed by atoms with van der Waals surface area (Å²) in [5, 5.41) is 3.00. The lowest BCUT2D eigenvalue weighted by Gasteiger charge is -2.29. The Morgan fingerprint density at radius 3 is 2.61 bits per heavy atom. The van der Waals surface area contributed by atoms with Crippen LogP contribution in [0.4, 0.5) is 11.6 Å². The fourth-order valence-corrected chi connectivity index (χ4v) is 1.94. The molecule has 6 heteroatoms. The summed E-state index contributed by atoms with van der Waals surface area (Å²) >= 11 is 0. The van der Waals surface area contributed by atoms with E-state index in [1.807, 2.05) is 7.05 Å². The summed E-state index contributed by atoms with van der Waals surface area (Å²) in [6.07, 6.45) is 1.53. The largest absolute Gasteiger partial charge is 0.490 e. The maximum atomic E-state index is 5.41. The molecule has 1 aromatic heterocycles. The number of hydrogen-bond donors (Lipinski definition) is 1. The summed E-state index contributed by atoms with van der Waals surface area (Å²) in [4.78, 5) is 10.6. The molecule has 0 aliphatic carbocycles. The molecule has 1 heterocycles. The van der Waals surface area contributed by atoms with Crippen LogP contribution in [0.5, 0.6) is 5.75 Å². The average Bonchev–Trinajstić information content (AvgIpc) is 2.39. The SMILES string of the molecule is CCN(c1ncnc(NC)c1OC)C(C)COC. The van der Waals surface area contributed by atoms with Gasteiger partial charge in [-0.3, -0.25) is 0 Å². The first-order chi connectivity index (χ1) is 8.69. The highest BCUT2D eigenvalue weighted by Crippen LogP contribution is 2.32. The molecule has 0 aromatic carbocycles. The van der Waals surface area contributed by atoms with Gasteiger partial charge in [0.25, 0.3) is 0 Å². The van der Waals surface area contributed by atoms with Crippen LogP contribution in [0.1, 0.15) is 13.8 Å². The topological polar surface area (TPSA) is 59.5 Å². The van der Waals surface area contributed by atoms with E-state index in [4.69, 9.17) is 9.47 Å². The molecule has 0 saturated carbocycles. The number of likely N-dealkylation sites (N-methyl/N-ethyl adjacent to an activating group) is 1. The van der Waals surface area contributed by atoms with Gasteiger partial charge in [-0.2, -0.15) is 0 Å². The van der Waals surface area contributed by atoms with E-state index in [0.29, 0.717) is 18.2 Å². The first kappa shape index (κ1) is 14.5. The minimum atomic E-state index is 0.216. The van der Waals surface area contributed by atoms with Crippen LogP contribution in [0.15, 0.2) is 6.33 Å². The van der Waals surface area contributed by atoms with Gasteiger partial charge in [0.2, 0.25) is 5.75 Å². The van der Waals surface area contributed by atoms with Crippen LogP contribution in [0.25, 0.3) is 0 Å². The standard InChI is InChI=1S/C12H22N4O2/c1-6-16(9(2)7-17-4)12-10(18-5)11(13-3)14-8-15-12/h8-9H,6-7H2,1-5H3,(H,13,14,15). The zero-order valence-electron chi connectivity index (χ0n) is 11.7. The molecule has 6 nitrogen and oxygen atoms in total. The molecule has 1 atom stereocenters. The summed E-state index contributed by atoms with van der Waals surface area (Å²) in [5.41, 5.74) is 0. The summed E-state index contributed by atoms with van der Waals surface area (Å²) in [6, 6.07) is 0.216. The van der Waals surface area contributed by atoms with Crippen molar-refractivity contribution in [2.45, 2.75) is 19.9 Å². The van der Waals surface area contributed by atoms with E-state index in [9.17, 15) is 0 Å². The van der Waals surface area contributed by atoms with Crippen molar-refractivity contribution in [2.24, 2.45) is 0 Å². The first-order valence-corrected chi connectivity index (χ1v) is 6.01. The molecule has 1 N–H and O–H groups in total. The smallest absolute Gasteiger partial charge is 0.204 e. The second-order valence-electron chi connectivity index (χ2n) is 3.92. The van der Waals surface area contributed by atoms with Gasteiger partial charge in [0.1, 0.15) is 6.33 Å². The van der Waals surface area contributed by atoms with Crippen molar-refractivity contribution in [1.29, 1.82) is 0 Å². The highest BCUT2D eigenvalue weighted by Gasteiger charge is 2.20. The lowest BCUT2D eigenvalue weighted by atomic mass is 10.3. The zero-order chi connectivity index (χ0) is 13.5. The number of hydrogen-bond acceptors (Lipinski definition) is 6. The van der Waals surface area contributed by atoms with E-state index in [-0.39, 0.29) is 6.04 Å². The Kier molecular flexibility index (Phi) is 5.64. The van der Waals surface area contributed by atoms with E-state index >= 15 is 0 Å². The molecular formula is C12H22N4O2. The number of ether oxygens (including phenoxy) is 2. The van der Waals surface area contributed by atoms with Crippen molar-refractivity contribution in [3.8, 4) is 5.75 Å². The average molecular weight is 254 g/mol. The minimum Gasteiger partial charge on any atom is -0.490 e. The summed E-state index contributed by atoms with van der Waals surface area (Å²) in [6.45, 7) is 5.62. The molecular weight excluding hydrogens is 232 g/mol. The van der Waals surface area contributed by atoms with Gasteiger partial charge in [-0.25, -0.2) is 9.97 Å². The van der Waals surface area contributed by atoms with Crippen LogP contribution < -0.4 is 15.0 Å². The molecule has 0 spiro atoms. The molecule has 0 aliphatic rings. The van der Waals surface area contributed by atoms with Crippen LogP contribution in [0.2, 0.25) is 0 Å². The van der Waals surface area contributed by atoms with E-state index in [1.165, 1.54) is 6.33 Å². The molecule has 0 saturated heterocycles. The second-order valence-corrected chi connectivity index (χ2v) is 3.92. The van der Waals surface area contributed by atoms with Gasteiger partial charge >= 0.3 is 0 Å². The molecule has 0 bridgehead atoms. The first-order valence-electron chi connectivity index (χ1n) is 6.01. The molecule has 0 aliphatic heterocycles. The second kappa shape index (κ2) is 7.00. The minimum absolute atomic E-state index is 0.216. The Labute approximate surface area is 108 Å². The Hall–Kier alpha value is -1.56. The molecule has 0 radical (unpaired) electrons. The Bertz CT molecular complexity index is 373. The van der Waals surface area contributed by atoms with Gasteiger partial charge in [0.05, 0.1) is 19.8 Å². The van der Waals surface area contributed by atoms with E-state index in [0.717, 1.165) is 12.4 Å². The van der Waals surface area contributed by atoms with Gasteiger partial charge in [-0.1, -0.05) is 0 Å². The van der Waals surface area contributed by atoms with E-state index in [2.05, 4.69) is 34.0 Å². The highest BCUT2D eigenvalue weighted by molar-refractivity contribution is 5.64. The monoisotopic (exact) mass is 254 g/mol. The maximum Gasteiger partial charge on any atom is 0.204 e. The lowest BCUT2D eigenvalue weighted by Crippen LogP contribution is -2.37. The fraction of sp³-hybridized carbons (Fsp3) is 0.667. The Morgan fingerprint density at radius 2 is 2.11 bits per heavy atom. The van der Waals surface area contributed by atoms with Crippen molar-refractivity contribution in [3.63, 3.8) is 0 Å². The predicted octanol–water partition coefficient (Wildman–Crippen LogP) is 1.39. The number of nitrogens with one attached hydrogen (secondary N) is 1. The third-order valence-corrected chi connectivity index (χ3v) is 2.78. The van der Waals surface area contributed by atoms with Crippen molar-refractivity contribution >= 4 is 11.6 Å². The van der Waals surface area contributed by atoms with Gasteiger partial charge in [0, 0.05) is 20.7 Å². The molecule has 1 aromatic rings. The molecule has 0 amide bonds. The van der Waals surface area contributed by atoms with Gasteiger partial charge in [0.15, 0.2) is 11.6 Å². The Balaban J connectivity index is 3.12. The van der Waals surface area contributed by atoms with Gasteiger partial charge in [-0.05, 0) is 13.8 Å². The lowest BCUT2D eigenvalue weighted by molar-refractivity contribution is 0.181. The summed E-state index contributed by atoms with van der Waals surface area (Å²) in [7, 11) is 5.13. The van der Waals surface area contributed by atoms with Crippen molar-refractivity contribution in [2.75, 3.05) is 44.6 Å². The zero-order valence-corrected chi connectivity index (χ0v) is 11.7. The third kappa shape index (κ3) is 3.01. The number of anilines is 2. The quantitative estimate of drug-likeness (QED) is 0.793. The highest BCUT2D eigenvalue weighted by atomic mass is 16.5. The number of rotatable bonds is 7. The molecule has 102 valence electrons. The van der Waals surface area contributed by atoms with Gasteiger partial charge in [-0.15, -0.1) is 0 Å². The Morgan fingerprint density at radius 1 is 1.39 bits per heavy atom. The third-order valence-electron chi connectivity index (χ3n) is 2.78. The summed E-state index contributed by atoms with van der Waals surface area (Å²) < 4.78 is 10.6. The summed E-state index contributed by atoms with van der Waals surface area (Å²) in [5.74, 6) is 2.12. The normalized spacial score (nSPS) is 12.1. The van der Waals surface area contributed by atoms with Crippen LogP contribution in [-0.4, -0.2) is 50.4 Å². The molecule has 18 heavy (non-hydrogen) atoms. The molecule has 1 unspecified atom stereocenters. The molecule has 0 fully saturated rings.